The predicted molar refractivity (Wildman–Crippen MR) is 167 cm³/mol. The van der Waals surface area contributed by atoms with E-state index in [-0.39, 0.29) is 42.7 Å². The minimum Gasteiger partial charge on any atom is -0.387 e. The lowest BCUT2D eigenvalue weighted by atomic mass is 9.74. The molecule has 228 valence electrons. The van der Waals surface area contributed by atoms with Gasteiger partial charge in [-0.3, -0.25) is 19.8 Å². The van der Waals surface area contributed by atoms with E-state index in [1.807, 2.05) is 24.3 Å². The average Bonchev–Trinajstić information content (AvgIpc) is 3.51. The Labute approximate surface area is 254 Å². The Morgan fingerprint density at radius 3 is 1.98 bits per heavy atom. The van der Waals surface area contributed by atoms with Gasteiger partial charge in [0.15, 0.2) is 0 Å². The Morgan fingerprint density at radius 2 is 1.53 bits per heavy atom. The van der Waals surface area contributed by atoms with Crippen molar-refractivity contribution in [3.8, 4) is 17.2 Å². The maximum absolute atomic E-state index is 13.2. The Morgan fingerprint density at radius 1 is 1.00 bits per heavy atom. The van der Waals surface area contributed by atoms with Gasteiger partial charge in [-0.05, 0) is 77.7 Å². The number of hydrogen-bond donors (Lipinski definition) is 3. The normalized spacial score (nSPS) is 19.0. The van der Waals surface area contributed by atoms with Gasteiger partial charge in [0.25, 0.3) is 11.8 Å². The molecule has 1 fully saturated rings. The van der Waals surface area contributed by atoms with Crippen molar-refractivity contribution in [3.05, 3.63) is 58.7 Å². The Bertz CT molecular complexity index is 1410. The monoisotopic (exact) mass is 585 g/mol. The zero-order chi connectivity index (χ0) is 31.6. The highest BCUT2D eigenvalue weighted by molar-refractivity contribution is 6.05. The van der Waals surface area contributed by atoms with Crippen LogP contribution in [-0.2, 0) is 10.2 Å². The van der Waals surface area contributed by atoms with Crippen molar-refractivity contribution in [2.24, 2.45) is 17.6 Å². The number of rotatable bonds is 12. The standard InChI is InChI=1S/C33H43N7O3/c1-7-8-23-20(2)29(23)40(16-14-34)28(41)19-37-15-13-33(32(35)36)26-11-9-21(30(42)38(3)4)17-24(26)25-18-22(10-12-27(25)33)31(43)39(5)6/h9-12,17-18,20,23,29,37H,7-8,13,15-16,19H2,1-6H3,(H3,35,36)/t20-,23?,29?/m0/s1. The highest BCUT2D eigenvalue weighted by Gasteiger charge is 2.51. The number of nitriles is 1. The number of carbonyl (C=O) groups is 3. The third kappa shape index (κ3) is 5.74. The van der Waals surface area contributed by atoms with Crippen molar-refractivity contribution in [3.63, 3.8) is 0 Å². The minimum absolute atomic E-state index is 0.0562. The zero-order valence-corrected chi connectivity index (χ0v) is 26.0. The lowest BCUT2D eigenvalue weighted by Gasteiger charge is -2.31. The van der Waals surface area contributed by atoms with Gasteiger partial charge in [-0.1, -0.05) is 32.4 Å². The first kappa shape index (κ1) is 31.7. The third-order valence-electron chi connectivity index (χ3n) is 9.02. The molecule has 4 rings (SSSR count). The first-order valence-corrected chi connectivity index (χ1v) is 14.8. The Hall–Kier alpha value is -4.23. The van der Waals surface area contributed by atoms with E-state index < -0.39 is 5.41 Å². The van der Waals surface area contributed by atoms with Gasteiger partial charge in [0.05, 0.1) is 18.0 Å². The first-order chi connectivity index (χ1) is 20.4. The second kappa shape index (κ2) is 12.6. The van der Waals surface area contributed by atoms with Crippen LogP contribution in [0.25, 0.3) is 11.1 Å². The van der Waals surface area contributed by atoms with Crippen molar-refractivity contribution in [1.29, 1.82) is 10.7 Å². The van der Waals surface area contributed by atoms with Crippen molar-refractivity contribution < 1.29 is 14.4 Å². The summed E-state index contributed by atoms with van der Waals surface area (Å²) in [6, 6.07) is 13.1. The largest absolute Gasteiger partial charge is 0.387 e. The number of nitrogens with zero attached hydrogens (tertiary/aromatic N) is 4. The van der Waals surface area contributed by atoms with Gasteiger partial charge < -0.3 is 25.8 Å². The maximum Gasteiger partial charge on any atom is 0.253 e. The fourth-order valence-electron chi connectivity index (χ4n) is 6.71. The quantitative estimate of drug-likeness (QED) is 0.151. The molecule has 0 heterocycles. The number of benzene rings is 2. The highest BCUT2D eigenvalue weighted by Crippen LogP contribution is 2.51. The van der Waals surface area contributed by atoms with E-state index in [2.05, 4.69) is 25.2 Å². The van der Waals surface area contributed by atoms with Gasteiger partial charge >= 0.3 is 0 Å². The molecular weight excluding hydrogens is 542 g/mol. The number of amides is 3. The van der Waals surface area contributed by atoms with E-state index >= 15 is 0 Å². The number of hydrogen-bond acceptors (Lipinski definition) is 6. The SMILES string of the molecule is CCCC1C(N(CC#N)C(=O)CNCCC2(C(=N)N)c3ccc(C(=O)N(C)C)cc3-c3cc(C(=O)N(C)C)ccc32)[C@H]1C. The minimum atomic E-state index is -1.01. The van der Waals surface area contributed by atoms with Crippen LogP contribution in [-0.4, -0.2) is 92.1 Å². The summed E-state index contributed by atoms with van der Waals surface area (Å²) in [5.74, 6) is 0.345. The fraction of sp³-hybridized carbons (Fsp3) is 0.485. The lowest BCUT2D eigenvalue weighted by molar-refractivity contribution is -0.130. The molecule has 43 heavy (non-hydrogen) atoms. The molecule has 2 aromatic carbocycles. The van der Waals surface area contributed by atoms with Crippen molar-refractivity contribution in [2.75, 3.05) is 47.8 Å². The molecule has 1 saturated carbocycles. The molecule has 3 amide bonds. The molecule has 2 unspecified atom stereocenters. The van der Waals surface area contributed by atoms with E-state index in [0.717, 1.165) is 35.1 Å². The number of fused-ring (bicyclic) bond motifs is 3. The van der Waals surface area contributed by atoms with Crippen molar-refractivity contribution in [1.82, 2.24) is 20.0 Å². The number of nitrogens with two attached hydrogens (primary N) is 1. The van der Waals surface area contributed by atoms with Crippen LogP contribution in [0, 0.1) is 28.6 Å². The molecule has 4 N–H and O–H groups in total. The van der Waals surface area contributed by atoms with Crippen LogP contribution < -0.4 is 11.1 Å². The van der Waals surface area contributed by atoms with Crippen LogP contribution in [0.4, 0.5) is 0 Å². The molecular formula is C33H43N7O3. The van der Waals surface area contributed by atoms with E-state index in [4.69, 9.17) is 11.1 Å². The van der Waals surface area contributed by atoms with Gasteiger partial charge in [-0.25, -0.2) is 0 Å². The summed E-state index contributed by atoms with van der Waals surface area (Å²) in [7, 11) is 6.76. The Kier molecular flexibility index (Phi) is 9.26. The Balaban J connectivity index is 1.63. The van der Waals surface area contributed by atoms with E-state index in [9.17, 15) is 19.6 Å². The lowest BCUT2D eigenvalue weighted by Crippen LogP contribution is -2.45. The molecule has 0 bridgehead atoms. The first-order valence-electron chi connectivity index (χ1n) is 14.8. The summed E-state index contributed by atoms with van der Waals surface area (Å²) in [5.41, 5.74) is 9.45. The van der Waals surface area contributed by atoms with Gasteiger partial charge in [0.2, 0.25) is 5.91 Å². The molecule has 2 aliphatic carbocycles. The van der Waals surface area contributed by atoms with Gasteiger partial charge in [-0.2, -0.15) is 5.26 Å². The fourth-order valence-corrected chi connectivity index (χ4v) is 6.71. The smallest absolute Gasteiger partial charge is 0.253 e. The van der Waals surface area contributed by atoms with E-state index in [1.165, 1.54) is 9.80 Å². The summed E-state index contributed by atoms with van der Waals surface area (Å²) in [5, 5.41) is 21.4. The van der Waals surface area contributed by atoms with Crippen LogP contribution in [0.15, 0.2) is 36.4 Å². The second-order valence-corrected chi connectivity index (χ2v) is 12.1. The van der Waals surface area contributed by atoms with E-state index in [1.54, 1.807) is 45.2 Å². The summed E-state index contributed by atoms with van der Waals surface area (Å²) >= 11 is 0. The molecule has 10 nitrogen and oxygen atoms in total. The summed E-state index contributed by atoms with van der Waals surface area (Å²) < 4.78 is 0. The van der Waals surface area contributed by atoms with E-state index in [0.29, 0.717) is 35.9 Å². The molecule has 3 atom stereocenters. The van der Waals surface area contributed by atoms with Crippen LogP contribution >= 0.6 is 0 Å². The molecule has 0 radical (unpaired) electrons. The summed E-state index contributed by atoms with van der Waals surface area (Å²) in [6.45, 7) is 4.78. The molecule has 0 spiro atoms. The molecule has 0 saturated heterocycles. The van der Waals surface area contributed by atoms with Crippen LogP contribution in [0.5, 0.6) is 0 Å². The third-order valence-corrected chi connectivity index (χ3v) is 9.02. The van der Waals surface area contributed by atoms with Crippen molar-refractivity contribution >= 4 is 23.6 Å². The number of nitrogens with one attached hydrogen (secondary N) is 2. The van der Waals surface area contributed by atoms with Crippen LogP contribution in [0.2, 0.25) is 0 Å². The van der Waals surface area contributed by atoms with Gasteiger partial charge in [0, 0.05) is 45.4 Å². The van der Waals surface area contributed by atoms with Crippen molar-refractivity contribution in [2.45, 2.75) is 44.6 Å². The molecule has 2 aliphatic rings. The summed E-state index contributed by atoms with van der Waals surface area (Å²) in [4.78, 5) is 43.6. The van der Waals surface area contributed by atoms with Crippen LogP contribution in [0.1, 0.15) is 65.0 Å². The molecule has 10 heteroatoms. The maximum atomic E-state index is 13.2. The topological polar surface area (TPSA) is 147 Å². The molecule has 2 aromatic rings. The van der Waals surface area contributed by atoms with Gasteiger partial charge in [0.1, 0.15) is 12.4 Å². The average molecular weight is 586 g/mol. The zero-order valence-electron chi connectivity index (χ0n) is 26.0. The predicted octanol–water partition coefficient (Wildman–Crippen LogP) is 3.06. The number of carbonyl (C=O) groups excluding carboxylic acids is 3. The molecule has 0 aliphatic heterocycles. The van der Waals surface area contributed by atoms with Crippen LogP contribution in [0.3, 0.4) is 0 Å². The van der Waals surface area contributed by atoms with Gasteiger partial charge in [-0.15, -0.1) is 0 Å². The molecule has 0 aromatic heterocycles. The second-order valence-electron chi connectivity index (χ2n) is 12.1. The number of amidine groups is 1. The summed E-state index contributed by atoms with van der Waals surface area (Å²) in [6.07, 6.45) is 2.47. The highest BCUT2D eigenvalue weighted by atomic mass is 16.2.